The van der Waals surface area contributed by atoms with Gasteiger partial charge in [0.05, 0.1) is 0 Å². The highest BCUT2D eigenvalue weighted by atomic mass is 15.1. The van der Waals surface area contributed by atoms with E-state index in [-0.39, 0.29) is 0 Å². The van der Waals surface area contributed by atoms with Crippen LogP contribution in [0.3, 0.4) is 0 Å². The Balaban J connectivity index is 2.20. The minimum absolute atomic E-state index is 0.636. The smallest absolute Gasteiger partial charge is 0.229 e. The summed E-state index contributed by atoms with van der Waals surface area (Å²) in [7, 11) is 1.87. The van der Waals surface area contributed by atoms with Crippen molar-refractivity contribution in [3.8, 4) is 0 Å². The molecule has 0 saturated carbocycles. The number of benzene rings is 1. The summed E-state index contributed by atoms with van der Waals surface area (Å²) in [6.45, 7) is 8.79. The van der Waals surface area contributed by atoms with E-state index in [2.05, 4.69) is 59.6 Å². The molecule has 1 aromatic heterocycles. The Morgan fingerprint density at radius 3 is 2.54 bits per heavy atom. The zero-order valence-corrected chi connectivity index (χ0v) is 15.6. The summed E-state index contributed by atoms with van der Waals surface area (Å²) in [6.07, 6.45) is 4.67. The molecule has 0 saturated heterocycles. The molecule has 0 radical (unpaired) electrons. The van der Waals surface area contributed by atoms with Gasteiger partial charge in [0, 0.05) is 24.5 Å². The fourth-order valence-corrected chi connectivity index (χ4v) is 2.77. The molecule has 0 aliphatic heterocycles. The molecule has 1 aromatic carbocycles. The summed E-state index contributed by atoms with van der Waals surface area (Å²) >= 11 is 0. The maximum atomic E-state index is 4.47. The van der Waals surface area contributed by atoms with E-state index in [1.54, 1.807) is 0 Å². The van der Waals surface area contributed by atoms with Crippen LogP contribution >= 0.6 is 0 Å². The molecule has 4 nitrogen and oxygen atoms in total. The summed E-state index contributed by atoms with van der Waals surface area (Å²) in [5, 5.41) is 6.42. The number of nitrogens with one attached hydrogen (secondary N) is 2. The van der Waals surface area contributed by atoms with Crippen LogP contribution in [0.1, 0.15) is 50.4 Å². The van der Waals surface area contributed by atoms with Crippen LogP contribution in [0.2, 0.25) is 0 Å². The van der Waals surface area contributed by atoms with E-state index >= 15 is 0 Å². The first kappa shape index (κ1) is 18.2. The van der Waals surface area contributed by atoms with Gasteiger partial charge in [-0.1, -0.05) is 33.3 Å². The molecule has 1 heterocycles. The fourth-order valence-electron chi connectivity index (χ4n) is 2.77. The van der Waals surface area contributed by atoms with Crippen molar-refractivity contribution in [1.82, 2.24) is 9.97 Å². The van der Waals surface area contributed by atoms with Crippen molar-refractivity contribution in [2.75, 3.05) is 17.7 Å². The second kappa shape index (κ2) is 8.67. The Morgan fingerprint density at radius 2 is 1.88 bits per heavy atom. The normalized spacial score (nSPS) is 12.0. The van der Waals surface area contributed by atoms with Crippen LogP contribution in [0.25, 0.3) is 0 Å². The van der Waals surface area contributed by atoms with Crippen molar-refractivity contribution in [2.45, 2.75) is 53.4 Å². The predicted octanol–water partition coefficient (Wildman–Crippen LogP) is 5.11. The van der Waals surface area contributed by atoms with E-state index in [1.165, 1.54) is 24.0 Å². The SMILES string of the molecule is CCc1ccc(Nc2nc(C)cc(NC)n2)cc1CCC(C)CC. The maximum absolute atomic E-state index is 4.47. The lowest BCUT2D eigenvalue weighted by Crippen LogP contribution is -2.04. The van der Waals surface area contributed by atoms with Gasteiger partial charge >= 0.3 is 0 Å². The van der Waals surface area contributed by atoms with Crippen LogP contribution in [0.4, 0.5) is 17.5 Å². The Kier molecular flexibility index (Phi) is 6.59. The summed E-state index contributed by atoms with van der Waals surface area (Å²) in [4.78, 5) is 8.95. The number of aromatic nitrogens is 2. The molecule has 2 N–H and O–H groups in total. The van der Waals surface area contributed by atoms with Gasteiger partial charge in [-0.25, -0.2) is 4.98 Å². The molecule has 0 aliphatic rings. The average molecular weight is 326 g/mol. The number of aryl methyl sites for hydroxylation is 3. The highest BCUT2D eigenvalue weighted by Gasteiger charge is 2.07. The van der Waals surface area contributed by atoms with Gasteiger partial charge in [0.25, 0.3) is 0 Å². The molecule has 0 amide bonds. The zero-order chi connectivity index (χ0) is 17.5. The molecule has 0 spiro atoms. The third-order valence-corrected chi connectivity index (χ3v) is 4.56. The van der Waals surface area contributed by atoms with Gasteiger partial charge in [-0.3, -0.25) is 0 Å². The first-order valence-corrected chi connectivity index (χ1v) is 8.97. The van der Waals surface area contributed by atoms with Crippen LogP contribution in [0, 0.1) is 12.8 Å². The number of hydrogen-bond acceptors (Lipinski definition) is 4. The quantitative estimate of drug-likeness (QED) is 0.707. The second-order valence-corrected chi connectivity index (χ2v) is 6.48. The van der Waals surface area contributed by atoms with Crippen molar-refractivity contribution >= 4 is 17.5 Å². The molecule has 130 valence electrons. The van der Waals surface area contributed by atoms with Crippen LogP contribution < -0.4 is 10.6 Å². The first-order valence-electron chi connectivity index (χ1n) is 8.97. The van der Waals surface area contributed by atoms with Crippen molar-refractivity contribution in [3.05, 3.63) is 41.1 Å². The topological polar surface area (TPSA) is 49.8 Å². The number of anilines is 3. The highest BCUT2D eigenvalue weighted by molar-refractivity contribution is 5.57. The van der Waals surface area contributed by atoms with Gasteiger partial charge in [-0.05, 0) is 55.4 Å². The monoisotopic (exact) mass is 326 g/mol. The van der Waals surface area contributed by atoms with Gasteiger partial charge in [0.15, 0.2) is 0 Å². The molecule has 0 fully saturated rings. The molecule has 1 unspecified atom stereocenters. The van der Waals surface area contributed by atoms with E-state index in [1.807, 2.05) is 20.0 Å². The Morgan fingerprint density at radius 1 is 1.08 bits per heavy atom. The van der Waals surface area contributed by atoms with Gasteiger partial charge in [0.1, 0.15) is 5.82 Å². The molecular formula is C20H30N4. The zero-order valence-electron chi connectivity index (χ0n) is 15.6. The average Bonchev–Trinajstić information content (AvgIpc) is 2.59. The molecule has 2 rings (SSSR count). The molecular weight excluding hydrogens is 296 g/mol. The first-order chi connectivity index (χ1) is 11.5. The molecule has 4 heteroatoms. The lowest BCUT2D eigenvalue weighted by molar-refractivity contribution is 0.515. The lowest BCUT2D eigenvalue weighted by Gasteiger charge is -2.14. The maximum Gasteiger partial charge on any atom is 0.229 e. The van der Waals surface area contributed by atoms with Crippen LogP contribution in [-0.4, -0.2) is 17.0 Å². The number of hydrogen-bond donors (Lipinski definition) is 2. The third-order valence-electron chi connectivity index (χ3n) is 4.56. The van der Waals surface area contributed by atoms with E-state index in [4.69, 9.17) is 0 Å². The largest absolute Gasteiger partial charge is 0.373 e. The van der Waals surface area contributed by atoms with E-state index in [9.17, 15) is 0 Å². The van der Waals surface area contributed by atoms with Crippen molar-refractivity contribution in [1.29, 1.82) is 0 Å². The van der Waals surface area contributed by atoms with Crippen LogP contribution in [-0.2, 0) is 12.8 Å². The summed E-state index contributed by atoms with van der Waals surface area (Å²) in [6, 6.07) is 8.54. The van der Waals surface area contributed by atoms with Crippen molar-refractivity contribution < 1.29 is 0 Å². The van der Waals surface area contributed by atoms with E-state index < -0.39 is 0 Å². The highest BCUT2D eigenvalue weighted by Crippen LogP contribution is 2.23. The van der Waals surface area contributed by atoms with Crippen molar-refractivity contribution in [3.63, 3.8) is 0 Å². The van der Waals surface area contributed by atoms with Gasteiger partial charge in [0.2, 0.25) is 5.95 Å². The minimum atomic E-state index is 0.636. The third kappa shape index (κ3) is 4.95. The summed E-state index contributed by atoms with van der Waals surface area (Å²) in [5.41, 5.74) is 4.87. The standard InChI is InChI=1S/C20H30N4/c1-6-14(3)8-9-17-13-18(11-10-16(17)7-2)23-20-22-15(4)12-19(21-5)24-20/h10-14H,6-9H2,1-5H3,(H2,21,22,23,24). The van der Waals surface area contributed by atoms with Gasteiger partial charge in [-0.2, -0.15) is 4.98 Å². The van der Waals surface area contributed by atoms with E-state index in [0.29, 0.717) is 5.95 Å². The van der Waals surface area contributed by atoms with E-state index in [0.717, 1.165) is 36.0 Å². The molecule has 24 heavy (non-hydrogen) atoms. The molecule has 1 atom stereocenters. The molecule has 0 bridgehead atoms. The Labute approximate surface area is 146 Å². The minimum Gasteiger partial charge on any atom is -0.373 e. The van der Waals surface area contributed by atoms with Crippen molar-refractivity contribution in [2.24, 2.45) is 5.92 Å². The lowest BCUT2D eigenvalue weighted by atomic mass is 9.95. The fraction of sp³-hybridized carbons (Fsp3) is 0.500. The van der Waals surface area contributed by atoms with Crippen LogP contribution in [0.5, 0.6) is 0 Å². The van der Waals surface area contributed by atoms with Gasteiger partial charge in [-0.15, -0.1) is 0 Å². The summed E-state index contributed by atoms with van der Waals surface area (Å²) < 4.78 is 0. The van der Waals surface area contributed by atoms with Gasteiger partial charge < -0.3 is 10.6 Å². The molecule has 2 aromatic rings. The number of rotatable bonds is 8. The Hall–Kier alpha value is -2.10. The predicted molar refractivity (Wildman–Crippen MR) is 103 cm³/mol. The molecule has 0 aliphatic carbocycles. The number of nitrogens with zero attached hydrogens (tertiary/aromatic N) is 2. The summed E-state index contributed by atoms with van der Waals surface area (Å²) in [5.74, 6) is 2.23. The Bertz CT molecular complexity index is 667. The second-order valence-electron chi connectivity index (χ2n) is 6.48. The van der Waals surface area contributed by atoms with Crippen LogP contribution in [0.15, 0.2) is 24.3 Å².